The Morgan fingerprint density at radius 2 is 2.04 bits per heavy atom. The molecule has 0 amide bonds. The summed E-state index contributed by atoms with van der Waals surface area (Å²) in [6.45, 7) is 4.44. The number of ether oxygens (including phenoxy) is 1. The Morgan fingerprint density at radius 3 is 2.57 bits per heavy atom. The fourth-order valence-electron chi connectivity index (χ4n) is 3.32. The van der Waals surface area contributed by atoms with E-state index in [2.05, 4.69) is 28.1 Å². The number of halogens is 3. The summed E-state index contributed by atoms with van der Waals surface area (Å²) in [7, 11) is 0. The van der Waals surface area contributed by atoms with E-state index in [0.717, 1.165) is 17.1 Å². The Kier molecular flexibility index (Phi) is 5.65. The minimum absolute atomic E-state index is 0.237. The smallest absolute Gasteiger partial charge is 0.475 e. The van der Waals surface area contributed by atoms with E-state index in [1.165, 1.54) is 10.3 Å². The number of alkyl halides is 3. The minimum Gasteiger partial charge on any atom is -0.475 e. The minimum atomic E-state index is -5.08. The van der Waals surface area contributed by atoms with E-state index in [0.29, 0.717) is 13.1 Å². The number of benzene rings is 1. The van der Waals surface area contributed by atoms with Crippen LogP contribution < -0.4 is 0 Å². The maximum Gasteiger partial charge on any atom is 0.490 e. The fraction of sp³-hybridized carbons (Fsp3) is 0.529. The molecule has 1 aromatic heterocycles. The number of fused-ring (bicyclic) bond motifs is 1. The number of nitrogens with zero attached hydrogens (tertiary/aromatic N) is 2. The quantitative estimate of drug-likeness (QED) is 0.677. The summed E-state index contributed by atoms with van der Waals surface area (Å²) in [5.74, 6) is -2.76. The summed E-state index contributed by atoms with van der Waals surface area (Å²) in [6, 6.07) is 6.35. The Labute approximate surface area is 162 Å². The number of aliphatic hydroxyl groups is 2. The number of aryl methyl sites for hydroxylation is 1. The molecule has 2 saturated heterocycles. The van der Waals surface area contributed by atoms with Gasteiger partial charge in [0, 0.05) is 19.6 Å². The first-order valence-corrected chi connectivity index (χ1v) is 9.20. The molecule has 2 atom stereocenters. The van der Waals surface area contributed by atoms with Crippen LogP contribution in [0.3, 0.4) is 0 Å². The van der Waals surface area contributed by atoms with Gasteiger partial charge in [-0.2, -0.15) is 13.2 Å². The number of aliphatic hydroxyl groups excluding tert-OH is 2. The SMILES string of the molecule is Cc1nc2ccc(CN3CC4(C3)OC[C@@H](O)[C@H]4O)cc2s1.O=C(O)C(F)(F)F. The molecule has 0 saturated carbocycles. The molecule has 3 N–H and O–H groups in total. The van der Waals surface area contributed by atoms with Gasteiger partial charge in [-0.15, -0.1) is 11.3 Å². The molecule has 2 aliphatic heterocycles. The molecule has 1 aromatic carbocycles. The van der Waals surface area contributed by atoms with Crippen molar-refractivity contribution < 1.29 is 38.0 Å². The van der Waals surface area contributed by atoms with Crippen LogP contribution in [-0.4, -0.2) is 74.9 Å². The average Bonchev–Trinajstić information content (AvgIpc) is 3.07. The normalized spacial score (nSPS) is 24.1. The molecule has 4 rings (SSSR count). The van der Waals surface area contributed by atoms with Gasteiger partial charge in [-0.25, -0.2) is 9.78 Å². The molecule has 0 bridgehead atoms. The van der Waals surface area contributed by atoms with Crippen molar-refractivity contribution in [1.29, 1.82) is 0 Å². The standard InChI is InChI=1S/C15H18N2O3S.C2HF3O2/c1-9-16-11-3-2-10(4-13(11)21-9)5-17-7-15(8-17)14(19)12(18)6-20-15;3-2(4,5)1(6)7/h2-4,12,14,18-19H,5-8H2,1H3;(H,6,7)/t12-,14-;/m1./s1. The number of carbonyl (C=O) groups is 1. The van der Waals surface area contributed by atoms with Crippen LogP contribution in [-0.2, 0) is 16.1 Å². The lowest BCUT2D eigenvalue weighted by atomic mass is 9.87. The molecule has 2 fully saturated rings. The molecule has 3 heterocycles. The zero-order chi connectivity index (χ0) is 20.7. The lowest BCUT2D eigenvalue weighted by molar-refractivity contribution is -0.192. The number of carboxylic acids is 1. The molecule has 0 unspecified atom stereocenters. The second kappa shape index (κ2) is 7.56. The van der Waals surface area contributed by atoms with Crippen LogP contribution in [0, 0.1) is 6.92 Å². The molecular formula is C17H19F3N2O5S. The van der Waals surface area contributed by atoms with E-state index < -0.39 is 30.0 Å². The summed E-state index contributed by atoms with van der Waals surface area (Å²) in [4.78, 5) is 15.6. The molecule has 2 aromatic rings. The van der Waals surface area contributed by atoms with Gasteiger partial charge < -0.3 is 20.1 Å². The van der Waals surface area contributed by atoms with Crippen molar-refractivity contribution >= 4 is 27.5 Å². The van der Waals surface area contributed by atoms with Crippen LogP contribution >= 0.6 is 11.3 Å². The molecule has 0 aliphatic carbocycles. The number of thiazole rings is 1. The number of hydrogen-bond acceptors (Lipinski definition) is 7. The van der Waals surface area contributed by atoms with E-state index >= 15 is 0 Å². The number of hydrogen-bond donors (Lipinski definition) is 3. The summed E-state index contributed by atoms with van der Waals surface area (Å²) in [5, 5.41) is 27.8. The van der Waals surface area contributed by atoms with Crippen molar-refractivity contribution in [3.05, 3.63) is 28.8 Å². The first-order valence-electron chi connectivity index (χ1n) is 8.39. The summed E-state index contributed by atoms with van der Waals surface area (Å²) >= 11 is 1.71. The second-order valence-corrected chi connectivity index (χ2v) is 8.11. The van der Waals surface area contributed by atoms with E-state index in [4.69, 9.17) is 14.6 Å². The van der Waals surface area contributed by atoms with Gasteiger partial charge >= 0.3 is 12.1 Å². The van der Waals surface area contributed by atoms with Crippen LogP contribution in [0.25, 0.3) is 10.2 Å². The van der Waals surface area contributed by atoms with Crippen LogP contribution in [0.1, 0.15) is 10.6 Å². The Bertz CT molecular complexity index is 866. The maximum atomic E-state index is 10.6. The number of aliphatic carboxylic acids is 1. The molecule has 7 nitrogen and oxygen atoms in total. The number of rotatable bonds is 2. The van der Waals surface area contributed by atoms with E-state index in [1.54, 1.807) is 11.3 Å². The third kappa shape index (κ3) is 4.28. The van der Waals surface area contributed by atoms with Crippen molar-refractivity contribution in [3.63, 3.8) is 0 Å². The molecule has 11 heteroatoms. The second-order valence-electron chi connectivity index (χ2n) is 6.87. The lowest BCUT2D eigenvalue weighted by Gasteiger charge is -2.48. The van der Waals surface area contributed by atoms with Crippen molar-refractivity contribution in [2.24, 2.45) is 0 Å². The van der Waals surface area contributed by atoms with Crippen molar-refractivity contribution in [1.82, 2.24) is 9.88 Å². The Hall–Kier alpha value is -1.79. The van der Waals surface area contributed by atoms with Crippen LogP contribution in [0.2, 0.25) is 0 Å². The van der Waals surface area contributed by atoms with Crippen molar-refractivity contribution in [3.8, 4) is 0 Å². The monoisotopic (exact) mass is 420 g/mol. The number of likely N-dealkylation sites (tertiary alicyclic amines) is 1. The molecule has 1 spiro atoms. The number of aromatic nitrogens is 1. The van der Waals surface area contributed by atoms with Crippen LogP contribution in [0.15, 0.2) is 18.2 Å². The summed E-state index contributed by atoms with van der Waals surface area (Å²) < 4.78 is 38.5. The highest BCUT2D eigenvalue weighted by molar-refractivity contribution is 7.18. The lowest BCUT2D eigenvalue weighted by Crippen LogP contribution is -2.66. The highest BCUT2D eigenvalue weighted by Crippen LogP contribution is 2.36. The fourth-order valence-corrected chi connectivity index (χ4v) is 4.21. The van der Waals surface area contributed by atoms with Gasteiger partial charge in [0.25, 0.3) is 0 Å². The van der Waals surface area contributed by atoms with Gasteiger partial charge in [-0.3, -0.25) is 4.90 Å². The maximum absolute atomic E-state index is 10.6. The number of carboxylic acid groups (broad SMARTS) is 1. The zero-order valence-electron chi connectivity index (χ0n) is 14.8. The van der Waals surface area contributed by atoms with Gasteiger partial charge in [0.1, 0.15) is 17.8 Å². The predicted molar refractivity (Wildman–Crippen MR) is 94.0 cm³/mol. The molecule has 0 radical (unpaired) electrons. The molecule has 28 heavy (non-hydrogen) atoms. The predicted octanol–water partition coefficient (Wildman–Crippen LogP) is 1.54. The Balaban J connectivity index is 0.000000279. The largest absolute Gasteiger partial charge is 0.490 e. The van der Waals surface area contributed by atoms with Crippen molar-refractivity contribution in [2.75, 3.05) is 19.7 Å². The van der Waals surface area contributed by atoms with Gasteiger partial charge in [0.05, 0.1) is 21.8 Å². The topological polar surface area (TPSA) is 103 Å². The van der Waals surface area contributed by atoms with Crippen LogP contribution in [0.5, 0.6) is 0 Å². The zero-order valence-corrected chi connectivity index (χ0v) is 15.6. The highest BCUT2D eigenvalue weighted by atomic mass is 32.1. The van der Waals surface area contributed by atoms with E-state index in [-0.39, 0.29) is 6.61 Å². The van der Waals surface area contributed by atoms with Crippen LogP contribution in [0.4, 0.5) is 13.2 Å². The van der Waals surface area contributed by atoms with Gasteiger partial charge in [-0.1, -0.05) is 6.07 Å². The summed E-state index contributed by atoms with van der Waals surface area (Å²) in [6.07, 6.45) is -6.59. The van der Waals surface area contributed by atoms with Crippen molar-refractivity contribution in [2.45, 2.75) is 37.5 Å². The van der Waals surface area contributed by atoms with E-state index in [1.807, 2.05) is 6.92 Å². The average molecular weight is 420 g/mol. The van der Waals surface area contributed by atoms with Gasteiger partial charge in [0.15, 0.2) is 0 Å². The highest BCUT2D eigenvalue weighted by Gasteiger charge is 2.56. The third-order valence-corrected chi connectivity index (χ3v) is 5.57. The Morgan fingerprint density at radius 1 is 1.39 bits per heavy atom. The summed E-state index contributed by atoms with van der Waals surface area (Å²) in [5.41, 5.74) is 1.75. The van der Waals surface area contributed by atoms with E-state index in [9.17, 15) is 23.4 Å². The molecule has 2 aliphatic rings. The molecule has 154 valence electrons. The van der Waals surface area contributed by atoms with Gasteiger partial charge in [-0.05, 0) is 24.6 Å². The first kappa shape index (κ1) is 20.9. The molecular weight excluding hydrogens is 401 g/mol. The van der Waals surface area contributed by atoms with Gasteiger partial charge in [0.2, 0.25) is 0 Å². The first-order chi connectivity index (χ1) is 13.0. The third-order valence-electron chi connectivity index (χ3n) is 4.64.